The van der Waals surface area contributed by atoms with Crippen LogP contribution in [-0.2, 0) is 4.74 Å². The van der Waals surface area contributed by atoms with E-state index < -0.39 is 5.60 Å². The Morgan fingerprint density at radius 1 is 1.16 bits per heavy atom. The van der Waals surface area contributed by atoms with Crippen LogP contribution in [-0.4, -0.2) is 59.0 Å². The molecule has 0 bridgehead atoms. The monoisotopic (exact) mass is 350 g/mol. The van der Waals surface area contributed by atoms with Crippen molar-refractivity contribution in [2.75, 3.05) is 13.6 Å². The first-order chi connectivity index (χ1) is 11.8. The van der Waals surface area contributed by atoms with Crippen molar-refractivity contribution in [2.45, 2.75) is 108 Å². The van der Waals surface area contributed by atoms with E-state index in [9.17, 15) is 5.11 Å². The summed E-state index contributed by atoms with van der Waals surface area (Å²) in [5.74, 6) is 1.78. The number of nitrogens with zero attached hydrogens (tertiary/aromatic N) is 1. The lowest BCUT2D eigenvalue weighted by molar-refractivity contribution is -0.126. The predicted molar refractivity (Wildman–Crippen MR) is 101 cm³/mol. The maximum absolute atomic E-state index is 10.4. The van der Waals surface area contributed by atoms with Crippen molar-refractivity contribution in [3.05, 3.63) is 0 Å². The molecular formula is C21H38N2O2. The SMILES string of the molecule is CN1CCC2C3CCCCC3NC2C1C[C@@]1(C)CC[C@H](C(C)(C)O)O1. The number of fused-ring (bicyclic) bond motifs is 3. The molecule has 25 heavy (non-hydrogen) atoms. The van der Waals surface area contributed by atoms with Gasteiger partial charge in [-0.1, -0.05) is 12.8 Å². The van der Waals surface area contributed by atoms with Crippen LogP contribution in [0, 0.1) is 11.8 Å². The van der Waals surface area contributed by atoms with Gasteiger partial charge in [0.2, 0.25) is 0 Å². The second-order valence-electron chi connectivity index (χ2n) is 10.2. The molecule has 0 aromatic rings. The second-order valence-corrected chi connectivity index (χ2v) is 10.2. The van der Waals surface area contributed by atoms with E-state index in [1.807, 2.05) is 13.8 Å². The third kappa shape index (κ3) is 3.40. The summed E-state index contributed by atoms with van der Waals surface area (Å²) in [5, 5.41) is 14.4. The quantitative estimate of drug-likeness (QED) is 0.821. The molecule has 3 aliphatic heterocycles. The lowest BCUT2D eigenvalue weighted by atomic mass is 9.73. The van der Waals surface area contributed by atoms with Gasteiger partial charge in [0.25, 0.3) is 0 Å². The molecule has 144 valence electrons. The van der Waals surface area contributed by atoms with E-state index >= 15 is 0 Å². The van der Waals surface area contributed by atoms with Crippen LogP contribution in [0.3, 0.4) is 0 Å². The summed E-state index contributed by atoms with van der Waals surface area (Å²) in [6.45, 7) is 7.27. The molecule has 5 unspecified atom stereocenters. The number of piperidine rings is 1. The van der Waals surface area contributed by atoms with Gasteiger partial charge in [0.1, 0.15) is 0 Å². The fraction of sp³-hybridized carbons (Fsp3) is 1.00. The summed E-state index contributed by atoms with van der Waals surface area (Å²) in [4.78, 5) is 2.58. The number of aliphatic hydroxyl groups is 1. The maximum Gasteiger partial charge on any atom is 0.0865 e. The number of ether oxygens (including phenoxy) is 1. The molecule has 0 amide bonds. The van der Waals surface area contributed by atoms with Crippen molar-refractivity contribution >= 4 is 0 Å². The Morgan fingerprint density at radius 3 is 2.64 bits per heavy atom. The molecule has 4 aliphatic rings. The van der Waals surface area contributed by atoms with Gasteiger partial charge in [-0.15, -0.1) is 0 Å². The fourth-order valence-electron chi connectivity index (χ4n) is 6.37. The second kappa shape index (κ2) is 6.47. The van der Waals surface area contributed by atoms with Gasteiger partial charge in [-0.2, -0.15) is 0 Å². The molecule has 4 heteroatoms. The topological polar surface area (TPSA) is 44.7 Å². The highest BCUT2D eigenvalue weighted by Crippen LogP contribution is 2.46. The number of hydrogen-bond acceptors (Lipinski definition) is 4. The number of hydrogen-bond donors (Lipinski definition) is 2. The molecule has 1 aliphatic carbocycles. The molecule has 0 aromatic heterocycles. The minimum absolute atomic E-state index is 0.0266. The third-order valence-electron chi connectivity index (χ3n) is 7.82. The van der Waals surface area contributed by atoms with E-state index in [2.05, 4.69) is 24.2 Å². The van der Waals surface area contributed by atoms with Crippen molar-refractivity contribution in [1.82, 2.24) is 10.2 Å². The van der Waals surface area contributed by atoms with Crippen LogP contribution in [0.2, 0.25) is 0 Å². The normalized spacial score (nSPS) is 48.4. The van der Waals surface area contributed by atoms with Gasteiger partial charge in [0.15, 0.2) is 0 Å². The van der Waals surface area contributed by atoms with Crippen molar-refractivity contribution in [3.8, 4) is 0 Å². The lowest BCUT2D eigenvalue weighted by Crippen LogP contribution is -2.56. The van der Waals surface area contributed by atoms with E-state index in [1.165, 1.54) is 38.6 Å². The van der Waals surface area contributed by atoms with E-state index in [0.29, 0.717) is 12.1 Å². The summed E-state index contributed by atoms with van der Waals surface area (Å²) in [6, 6.07) is 1.96. The van der Waals surface area contributed by atoms with Gasteiger partial charge in [0, 0.05) is 18.1 Å². The van der Waals surface area contributed by atoms with Crippen LogP contribution in [0.5, 0.6) is 0 Å². The molecule has 3 saturated heterocycles. The molecule has 7 atom stereocenters. The third-order valence-corrected chi connectivity index (χ3v) is 7.82. The zero-order valence-corrected chi connectivity index (χ0v) is 16.6. The van der Waals surface area contributed by atoms with Gasteiger partial charge in [-0.3, -0.25) is 0 Å². The highest BCUT2D eigenvalue weighted by molar-refractivity contribution is 5.08. The van der Waals surface area contributed by atoms with Crippen molar-refractivity contribution in [1.29, 1.82) is 0 Å². The van der Waals surface area contributed by atoms with Crippen molar-refractivity contribution < 1.29 is 9.84 Å². The van der Waals surface area contributed by atoms with Crippen LogP contribution in [0.25, 0.3) is 0 Å². The molecule has 2 N–H and O–H groups in total. The summed E-state index contributed by atoms with van der Waals surface area (Å²) < 4.78 is 6.43. The summed E-state index contributed by atoms with van der Waals surface area (Å²) >= 11 is 0. The highest BCUT2D eigenvalue weighted by Gasteiger charge is 2.52. The minimum atomic E-state index is -0.737. The molecule has 4 rings (SSSR count). The molecule has 1 saturated carbocycles. The first-order valence-electron chi connectivity index (χ1n) is 10.6. The Bertz CT molecular complexity index is 491. The van der Waals surface area contributed by atoms with Crippen LogP contribution in [0.1, 0.15) is 72.1 Å². The number of likely N-dealkylation sites (N-methyl/N-ethyl adjacent to an activating group) is 1. The summed E-state index contributed by atoms with van der Waals surface area (Å²) in [5.41, 5.74) is -0.833. The maximum atomic E-state index is 10.4. The summed E-state index contributed by atoms with van der Waals surface area (Å²) in [6.07, 6.45) is 10.1. The van der Waals surface area contributed by atoms with E-state index in [0.717, 1.165) is 37.1 Å². The molecule has 0 spiro atoms. The van der Waals surface area contributed by atoms with Gasteiger partial charge < -0.3 is 20.1 Å². The summed E-state index contributed by atoms with van der Waals surface area (Å²) in [7, 11) is 2.30. The first-order valence-corrected chi connectivity index (χ1v) is 10.6. The Kier molecular flexibility index (Phi) is 4.71. The Morgan fingerprint density at radius 2 is 1.92 bits per heavy atom. The number of rotatable bonds is 3. The minimum Gasteiger partial charge on any atom is -0.388 e. The molecule has 4 fully saturated rings. The van der Waals surface area contributed by atoms with Crippen LogP contribution < -0.4 is 5.32 Å². The number of nitrogens with one attached hydrogen (secondary N) is 1. The molecule has 0 aromatic carbocycles. The molecule has 0 radical (unpaired) electrons. The number of likely N-dealkylation sites (tertiary alicyclic amines) is 1. The lowest BCUT2D eigenvalue weighted by Gasteiger charge is -2.45. The standard InChI is InChI=1S/C21H38N2O2/c1-20(2,24)18-9-11-21(3,25-18)13-17-19-15(10-12-23(17)4)14-7-5-6-8-16(14)22-19/h14-19,22,24H,5-13H2,1-4H3/t14?,15?,16?,17?,18-,19?,21-/m1/s1. The van der Waals surface area contributed by atoms with Gasteiger partial charge in [-0.25, -0.2) is 0 Å². The first kappa shape index (κ1) is 18.2. The van der Waals surface area contributed by atoms with Gasteiger partial charge in [-0.05, 0) is 84.7 Å². The van der Waals surface area contributed by atoms with E-state index in [-0.39, 0.29) is 11.7 Å². The van der Waals surface area contributed by atoms with Crippen molar-refractivity contribution in [3.63, 3.8) is 0 Å². The fourth-order valence-corrected chi connectivity index (χ4v) is 6.37. The average molecular weight is 351 g/mol. The Balaban J connectivity index is 1.47. The largest absolute Gasteiger partial charge is 0.388 e. The van der Waals surface area contributed by atoms with E-state index in [1.54, 1.807) is 0 Å². The molecule has 3 heterocycles. The zero-order chi connectivity index (χ0) is 17.8. The van der Waals surface area contributed by atoms with Crippen LogP contribution >= 0.6 is 0 Å². The molecule has 4 nitrogen and oxygen atoms in total. The zero-order valence-electron chi connectivity index (χ0n) is 16.6. The Labute approximate surface area is 153 Å². The average Bonchev–Trinajstić information content (AvgIpc) is 3.11. The highest BCUT2D eigenvalue weighted by atomic mass is 16.5. The smallest absolute Gasteiger partial charge is 0.0865 e. The van der Waals surface area contributed by atoms with Crippen molar-refractivity contribution in [2.24, 2.45) is 11.8 Å². The molecular weight excluding hydrogens is 312 g/mol. The van der Waals surface area contributed by atoms with Gasteiger partial charge >= 0.3 is 0 Å². The van der Waals surface area contributed by atoms with Crippen LogP contribution in [0.4, 0.5) is 0 Å². The van der Waals surface area contributed by atoms with E-state index in [4.69, 9.17) is 4.74 Å². The predicted octanol–water partition coefficient (Wildman–Crippen LogP) is 2.94. The Hall–Kier alpha value is -0.160. The van der Waals surface area contributed by atoms with Gasteiger partial charge in [0.05, 0.1) is 17.3 Å². The van der Waals surface area contributed by atoms with Crippen LogP contribution in [0.15, 0.2) is 0 Å².